The van der Waals surface area contributed by atoms with E-state index in [2.05, 4.69) is 5.10 Å². The molecule has 0 unspecified atom stereocenters. The Morgan fingerprint density at radius 2 is 1.93 bits per heavy atom. The van der Waals surface area contributed by atoms with Gasteiger partial charge in [0.2, 0.25) is 0 Å². The molecule has 8 heteroatoms. The molecule has 0 saturated heterocycles. The van der Waals surface area contributed by atoms with Crippen LogP contribution < -0.4 is 4.90 Å². The van der Waals surface area contributed by atoms with E-state index in [-0.39, 0.29) is 13.2 Å². The van der Waals surface area contributed by atoms with Gasteiger partial charge in [0.1, 0.15) is 11.4 Å². The molecule has 0 N–H and O–H groups in total. The number of carbonyl (C=O) groups is 1. The van der Waals surface area contributed by atoms with E-state index in [0.717, 1.165) is 12.1 Å². The van der Waals surface area contributed by atoms with E-state index in [4.69, 9.17) is 4.74 Å². The van der Waals surface area contributed by atoms with Crippen LogP contribution in [0.4, 0.5) is 19.0 Å². The molecule has 0 fully saturated rings. The standard InChI is InChI=1S/C18H20F3N3O2.C2H6/c1-3-14-15(17(25)26-4-2)16-23(8-9-24(16)22-14)11-12-6-5-7-13(10-12)18(19,20)21;1-2/h5-7,10H,3-4,8-9,11H2,1-2H3;1-2H3. The minimum absolute atomic E-state index is 0.250. The zero-order chi connectivity index (χ0) is 20.9. The van der Waals surface area contributed by atoms with E-state index in [1.54, 1.807) is 17.7 Å². The Morgan fingerprint density at radius 3 is 2.54 bits per heavy atom. The smallest absolute Gasteiger partial charge is 0.416 e. The van der Waals surface area contributed by atoms with Gasteiger partial charge in [-0.3, -0.25) is 0 Å². The molecular weight excluding hydrogens is 371 g/mol. The number of hydrogen-bond acceptors (Lipinski definition) is 4. The lowest BCUT2D eigenvalue weighted by Gasteiger charge is -2.19. The summed E-state index contributed by atoms with van der Waals surface area (Å²) in [6.45, 7) is 9.31. The maximum atomic E-state index is 12.9. The van der Waals surface area contributed by atoms with Gasteiger partial charge in [-0.05, 0) is 31.0 Å². The first-order chi connectivity index (χ1) is 13.3. The molecule has 1 aromatic carbocycles. The second kappa shape index (κ2) is 9.12. The second-order valence-electron chi connectivity index (χ2n) is 6.06. The summed E-state index contributed by atoms with van der Waals surface area (Å²) in [6, 6.07) is 5.25. The number of carbonyl (C=O) groups excluding carboxylic acids is 1. The van der Waals surface area contributed by atoms with E-state index >= 15 is 0 Å². The lowest BCUT2D eigenvalue weighted by molar-refractivity contribution is -0.137. The molecule has 0 spiro atoms. The molecular formula is C20H26F3N3O2. The molecule has 1 aliphatic rings. The van der Waals surface area contributed by atoms with Crippen LogP contribution in [-0.2, 0) is 30.4 Å². The topological polar surface area (TPSA) is 47.4 Å². The van der Waals surface area contributed by atoms with Crippen molar-refractivity contribution >= 4 is 11.8 Å². The number of nitrogens with zero attached hydrogens (tertiary/aromatic N) is 3. The fraction of sp³-hybridized carbons (Fsp3) is 0.500. The SMILES string of the molecule is CC.CCOC(=O)c1c(CC)nn2c1N(Cc1cccc(C(F)(F)F)c1)CC2. The molecule has 0 bridgehead atoms. The number of hydrogen-bond donors (Lipinski definition) is 0. The molecule has 0 aliphatic carbocycles. The van der Waals surface area contributed by atoms with E-state index < -0.39 is 17.7 Å². The number of halogens is 3. The quantitative estimate of drug-likeness (QED) is 0.687. The number of alkyl halides is 3. The Hall–Kier alpha value is -2.51. The Kier molecular flexibility index (Phi) is 7.10. The highest BCUT2D eigenvalue weighted by atomic mass is 19.4. The van der Waals surface area contributed by atoms with Crippen molar-refractivity contribution < 1.29 is 22.7 Å². The van der Waals surface area contributed by atoms with Gasteiger partial charge in [0, 0.05) is 13.1 Å². The molecule has 0 amide bonds. The predicted molar refractivity (Wildman–Crippen MR) is 101 cm³/mol. The number of ether oxygens (including phenoxy) is 1. The zero-order valence-corrected chi connectivity index (χ0v) is 16.6. The zero-order valence-electron chi connectivity index (χ0n) is 16.6. The molecule has 0 radical (unpaired) electrons. The van der Waals surface area contributed by atoms with E-state index in [1.165, 1.54) is 6.07 Å². The van der Waals surface area contributed by atoms with Crippen molar-refractivity contribution in [1.82, 2.24) is 9.78 Å². The van der Waals surface area contributed by atoms with Crippen molar-refractivity contribution in [1.29, 1.82) is 0 Å². The largest absolute Gasteiger partial charge is 0.462 e. The maximum absolute atomic E-state index is 12.9. The summed E-state index contributed by atoms with van der Waals surface area (Å²) in [4.78, 5) is 14.3. The summed E-state index contributed by atoms with van der Waals surface area (Å²) in [5, 5.41) is 4.46. The number of anilines is 1. The van der Waals surface area contributed by atoms with Crippen LogP contribution in [0.2, 0.25) is 0 Å². The van der Waals surface area contributed by atoms with Crippen molar-refractivity contribution in [3.8, 4) is 0 Å². The second-order valence-corrected chi connectivity index (χ2v) is 6.06. The van der Waals surface area contributed by atoms with Crippen LogP contribution in [0.25, 0.3) is 0 Å². The van der Waals surface area contributed by atoms with Crippen molar-refractivity contribution in [3.63, 3.8) is 0 Å². The predicted octanol–water partition coefficient (Wildman–Crippen LogP) is 4.69. The van der Waals surface area contributed by atoms with Crippen molar-refractivity contribution in [3.05, 3.63) is 46.6 Å². The van der Waals surface area contributed by atoms with Crippen molar-refractivity contribution in [2.75, 3.05) is 18.1 Å². The molecule has 0 saturated carbocycles. The minimum atomic E-state index is -4.38. The van der Waals surface area contributed by atoms with Gasteiger partial charge in [0.05, 0.1) is 24.4 Å². The normalized spacial score (nSPS) is 13.0. The molecule has 5 nitrogen and oxygen atoms in total. The van der Waals surface area contributed by atoms with E-state index in [0.29, 0.717) is 42.1 Å². The first-order valence-corrected chi connectivity index (χ1v) is 9.53. The molecule has 1 aromatic heterocycles. The Morgan fingerprint density at radius 1 is 1.21 bits per heavy atom. The summed E-state index contributed by atoms with van der Waals surface area (Å²) in [5.74, 6) is 0.180. The van der Waals surface area contributed by atoms with Gasteiger partial charge in [0.25, 0.3) is 0 Å². The lowest BCUT2D eigenvalue weighted by atomic mass is 10.1. The maximum Gasteiger partial charge on any atom is 0.416 e. The third kappa shape index (κ3) is 4.48. The number of aromatic nitrogens is 2. The fourth-order valence-electron chi connectivity index (χ4n) is 3.18. The van der Waals surface area contributed by atoms with Gasteiger partial charge < -0.3 is 9.64 Å². The summed E-state index contributed by atoms with van der Waals surface area (Å²) < 4.78 is 45.7. The van der Waals surface area contributed by atoms with Crippen LogP contribution in [0.15, 0.2) is 24.3 Å². The molecule has 2 heterocycles. The van der Waals surface area contributed by atoms with Gasteiger partial charge in [-0.2, -0.15) is 18.3 Å². The van der Waals surface area contributed by atoms with Crippen LogP contribution in [0.5, 0.6) is 0 Å². The van der Waals surface area contributed by atoms with Crippen molar-refractivity contribution in [2.45, 2.75) is 53.4 Å². The molecule has 1 aliphatic heterocycles. The van der Waals surface area contributed by atoms with Gasteiger partial charge in [0.15, 0.2) is 0 Å². The molecule has 154 valence electrons. The summed E-state index contributed by atoms with van der Waals surface area (Å²) in [5.41, 5.74) is 0.913. The minimum Gasteiger partial charge on any atom is -0.462 e. The average molecular weight is 397 g/mol. The Labute approximate surface area is 163 Å². The van der Waals surface area contributed by atoms with Crippen LogP contribution in [0.1, 0.15) is 54.9 Å². The Bertz CT molecular complexity index is 816. The highest BCUT2D eigenvalue weighted by Gasteiger charge is 2.33. The highest BCUT2D eigenvalue weighted by Crippen LogP contribution is 2.33. The van der Waals surface area contributed by atoms with Crippen LogP contribution in [0, 0.1) is 0 Å². The number of esters is 1. The number of aryl methyl sites for hydroxylation is 1. The van der Waals surface area contributed by atoms with Crippen LogP contribution >= 0.6 is 0 Å². The van der Waals surface area contributed by atoms with Gasteiger partial charge in [-0.25, -0.2) is 9.48 Å². The van der Waals surface area contributed by atoms with E-state index in [9.17, 15) is 18.0 Å². The molecule has 2 aromatic rings. The first kappa shape index (κ1) is 21.8. The number of fused-ring (bicyclic) bond motifs is 1. The average Bonchev–Trinajstić information content (AvgIpc) is 3.22. The van der Waals surface area contributed by atoms with Gasteiger partial charge in [-0.15, -0.1) is 0 Å². The summed E-state index contributed by atoms with van der Waals surface area (Å²) in [7, 11) is 0. The van der Waals surface area contributed by atoms with Gasteiger partial charge >= 0.3 is 12.1 Å². The van der Waals surface area contributed by atoms with Gasteiger partial charge in [-0.1, -0.05) is 32.9 Å². The van der Waals surface area contributed by atoms with Crippen molar-refractivity contribution in [2.24, 2.45) is 0 Å². The fourth-order valence-corrected chi connectivity index (χ4v) is 3.18. The van der Waals surface area contributed by atoms with E-state index in [1.807, 2.05) is 25.7 Å². The molecule has 28 heavy (non-hydrogen) atoms. The molecule has 3 rings (SSSR count). The highest BCUT2D eigenvalue weighted by molar-refractivity contribution is 5.96. The monoisotopic (exact) mass is 397 g/mol. The Balaban J connectivity index is 0.00000136. The van der Waals surface area contributed by atoms with Crippen LogP contribution in [0.3, 0.4) is 0 Å². The third-order valence-electron chi connectivity index (χ3n) is 4.32. The molecule has 0 atom stereocenters. The van der Waals surface area contributed by atoms with Crippen LogP contribution in [-0.4, -0.2) is 28.9 Å². The lowest BCUT2D eigenvalue weighted by Crippen LogP contribution is -2.23. The number of rotatable bonds is 5. The number of benzene rings is 1. The summed E-state index contributed by atoms with van der Waals surface area (Å²) in [6.07, 6.45) is -3.81. The summed E-state index contributed by atoms with van der Waals surface area (Å²) >= 11 is 0. The first-order valence-electron chi connectivity index (χ1n) is 9.53. The third-order valence-corrected chi connectivity index (χ3v) is 4.32.